The molecule has 0 spiro atoms. The first-order valence-corrected chi connectivity index (χ1v) is 8.33. The maximum absolute atomic E-state index is 12.7. The molecule has 2 aliphatic rings. The topological polar surface area (TPSA) is 46.3 Å². The third-order valence-corrected chi connectivity index (χ3v) is 4.91. The second kappa shape index (κ2) is 6.61. The van der Waals surface area contributed by atoms with E-state index < -0.39 is 0 Å². The van der Waals surface area contributed by atoms with Gasteiger partial charge in [0.1, 0.15) is 0 Å². The Bertz CT molecular complexity index is 469. The molecule has 21 heavy (non-hydrogen) atoms. The maximum atomic E-state index is 12.7. The monoisotopic (exact) mass is 286 g/mol. The summed E-state index contributed by atoms with van der Waals surface area (Å²) >= 11 is 0. The summed E-state index contributed by atoms with van der Waals surface area (Å²) in [6.07, 6.45) is 7.63. The number of carbonyl (C=O) groups excluding carboxylic acids is 1. The number of rotatable bonds is 5. The fourth-order valence-electron chi connectivity index (χ4n) is 3.42. The van der Waals surface area contributed by atoms with Gasteiger partial charge < -0.3 is 10.6 Å². The summed E-state index contributed by atoms with van der Waals surface area (Å²) in [7, 11) is 0. The highest BCUT2D eigenvalue weighted by molar-refractivity contribution is 5.77. The number of nitrogens with zero attached hydrogens (tertiary/aromatic N) is 1. The van der Waals surface area contributed by atoms with Crippen LogP contribution in [0.1, 0.15) is 50.5 Å². The van der Waals surface area contributed by atoms with Gasteiger partial charge >= 0.3 is 0 Å². The lowest BCUT2D eigenvalue weighted by atomic mass is 9.82. The Hall–Kier alpha value is -1.35. The molecule has 0 radical (unpaired) electrons. The maximum Gasteiger partial charge on any atom is 0.223 e. The normalized spacial score (nSPS) is 25.6. The van der Waals surface area contributed by atoms with Gasteiger partial charge in [0.05, 0.1) is 0 Å². The number of benzene rings is 1. The molecular weight excluding hydrogens is 260 g/mol. The fourth-order valence-corrected chi connectivity index (χ4v) is 3.42. The van der Waals surface area contributed by atoms with Crippen LogP contribution in [-0.4, -0.2) is 22.9 Å². The minimum atomic E-state index is 0.223. The van der Waals surface area contributed by atoms with E-state index in [1.807, 2.05) is 18.2 Å². The molecule has 3 heteroatoms. The summed E-state index contributed by atoms with van der Waals surface area (Å²) in [5.41, 5.74) is 7.43. The van der Waals surface area contributed by atoms with E-state index >= 15 is 0 Å². The molecule has 2 unspecified atom stereocenters. The standard InChI is InChI=1S/C18H26N2O/c19-17-9-5-4-8-15(17)12-18(21)20(16-10-11-16)13-14-6-2-1-3-7-14/h1-3,6-7,15-17H,4-5,8-13,19H2. The van der Waals surface area contributed by atoms with Crippen LogP contribution in [0.2, 0.25) is 0 Å². The zero-order valence-electron chi connectivity index (χ0n) is 12.7. The summed E-state index contributed by atoms with van der Waals surface area (Å²) < 4.78 is 0. The van der Waals surface area contributed by atoms with E-state index in [0.717, 1.165) is 32.2 Å². The molecule has 1 aromatic carbocycles. The average molecular weight is 286 g/mol. The lowest BCUT2D eigenvalue weighted by molar-refractivity contribution is -0.133. The quantitative estimate of drug-likeness (QED) is 0.904. The van der Waals surface area contributed by atoms with Gasteiger partial charge in [0.15, 0.2) is 0 Å². The molecule has 2 N–H and O–H groups in total. The van der Waals surface area contributed by atoms with Gasteiger partial charge in [0, 0.05) is 25.0 Å². The second-order valence-electron chi connectivity index (χ2n) is 6.65. The predicted octanol–water partition coefficient (Wildman–Crippen LogP) is 3.09. The van der Waals surface area contributed by atoms with E-state index in [9.17, 15) is 4.79 Å². The van der Waals surface area contributed by atoms with Gasteiger partial charge in [0.25, 0.3) is 0 Å². The Kier molecular flexibility index (Phi) is 4.59. The molecule has 0 aromatic heterocycles. The number of hydrogen-bond donors (Lipinski definition) is 1. The van der Waals surface area contributed by atoms with Crippen molar-refractivity contribution in [2.75, 3.05) is 0 Å². The first-order valence-electron chi connectivity index (χ1n) is 8.33. The summed E-state index contributed by atoms with van der Waals surface area (Å²) in [6, 6.07) is 11.0. The lowest BCUT2D eigenvalue weighted by Gasteiger charge is -2.31. The Morgan fingerprint density at radius 2 is 1.81 bits per heavy atom. The van der Waals surface area contributed by atoms with E-state index in [4.69, 9.17) is 5.73 Å². The van der Waals surface area contributed by atoms with E-state index in [0.29, 0.717) is 24.3 Å². The molecule has 3 nitrogen and oxygen atoms in total. The highest BCUT2D eigenvalue weighted by Crippen LogP contribution is 2.32. The van der Waals surface area contributed by atoms with Crippen LogP contribution in [0.5, 0.6) is 0 Å². The van der Waals surface area contributed by atoms with Gasteiger partial charge in [-0.2, -0.15) is 0 Å². The van der Waals surface area contributed by atoms with Crippen LogP contribution in [0.25, 0.3) is 0 Å². The van der Waals surface area contributed by atoms with Crippen LogP contribution < -0.4 is 5.73 Å². The van der Waals surface area contributed by atoms with Crippen molar-refractivity contribution >= 4 is 5.91 Å². The summed E-state index contributed by atoms with van der Waals surface area (Å²) in [5, 5.41) is 0. The molecule has 0 saturated heterocycles. The van der Waals surface area contributed by atoms with E-state index in [2.05, 4.69) is 17.0 Å². The molecule has 2 atom stereocenters. The van der Waals surface area contributed by atoms with Gasteiger partial charge in [-0.25, -0.2) is 0 Å². The van der Waals surface area contributed by atoms with Gasteiger partial charge in [-0.05, 0) is 37.2 Å². The third kappa shape index (κ3) is 3.85. The number of hydrogen-bond acceptors (Lipinski definition) is 2. The first-order chi connectivity index (χ1) is 10.2. The zero-order chi connectivity index (χ0) is 14.7. The van der Waals surface area contributed by atoms with Crippen molar-refractivity contribution in [3.8, 4) is 0 Å². The average Bonchev–Trinajstić information content (AvgIpc) is 3.33. The first kappa shape index (κ1) is 14.6. The molecule has 114 valence electrons. The Morgan fingerprint density at radius 1 is 1.10 bits per heavy atom. The van der Waals surface area contributed by atoms with E-state index in [-0.39, 0.29) is 6.04 Å². The fraction of sp³-hybridized carbons (Fsp3) is 0.611. The molecule has 0 heterocycles. The Morgan fingerprint density at radius 3 is 2.48 bits per heavy atom. The Labute approximate surface area is 127 Å². The van der Waals surface area contributed by atoms with E-state index in [1.54, 1.807) is 0 Å². The summed E-state index contributed by atoms with van der Waals surface area (Å²) in [4.78, 5) is 14.8. The summed E-state index contributed by atoms with van der Waals surface area (Å²) in [6.45, 7) is 0.756. The van der Waals surface area contributed by atoms with Gasteiger partial charge in [-0.15, -0.1) is 0 Å². The molecule has 2 fully saturated rings. The molecular formula is C18H26N2O. The smallest absolute Gasteiger partial charge is 0.223 e. The van der Waals surface area contributed by atoms with Crippen molar-refractivity contribution in [2.24, 2.45) is 11.7 Å². The van der Waals surface area contributed by atoms with E-state index in [1.165, 1.54) is 18.4 Å². The molecule has 1 aromatic rings. The van der Waals surface area contributed by atoms with Crippen LogP contribution in [0.4, 0.5) is 0 Å². The van der Waals surface area contributed by atoms with Crippen molar-refractivity contribution < 1.29 is 4.79 Å². The highest BCUT2D eigenvalue weighted by Gasteiger charge is 2.34. The van der Waals surface area contributed by atoms with Crippen LogP contribution in [0, 0.1) is 5.92 Å². The number of carbonyl (C=O) groups is 1. The van der Waals surface area contributed by atoms with Gasteiger partial charge in [0.2, 0.25) is 5.91 Å². The van der Waals surface area contributed by atoms with Crippen LogP contribution in [-0.2, 0) is 11.3 Å². The highest BCUT2D eigenvalue weighted by atomic mass is 16.2. The van der Waals surface area contributed by atoms with Crippen LogP contribution >= 0.6 is 0 Å². The van der Waals surface area contributed by atoms with Crippen molar-refractivity contribution in [3.63, 3.8) is 0 Å². The Balaban J connectivity index is 1.62. The number of amides is 1. The van der Waals surface area contributed by atoms with Crippen molar-refractivity contribution in [2.45, 2.75) is 63.6 Å². The molecule has 0 bridgehead atoms. The molecule has 0 aliphatic heterocycles. The zero-order valence-corrected chi connectivity index (χ0v) is 12.7. The van der Waals surface area contributed by atoms with Crippen LogP contribution in [0.3, 0.4) is 0 Å². The minimum absolute atomic E-state index is 0.223. The molecule has 1 amide bonds. The van der Waals surface area contributed by atoms with Crippen molar-refractivity contribution in [1.29, 1.82) is 0 Å². The second-order valence-corrected chi connectivity index (χ2v) is 6.65. The molecule has 3 rings (SSSR count). The number of nitrogens with two attached hydrogens (primary N) is 1. The van der Waals surface area contributed by atoms with Crippen LogP contribution in [0.15, 0.2) is 30.3 Å². The van der Waals surface area contributed by atoms with Crippen molar-refractivity contribution in [3.05, 3.63) is 35.9 Å². The predicted molar refractivity (Wildman–Crippen MR) is 84.6 cm³/mol. The molecule has 2 aliphatic carbocycles. The third-order valence-electron chi connectivity index (χ3n) is 4.91. The molecule has 2 saturated carbocycles. The van der Waals surface area contributed by atoms with Crippen molar-refractivity contribution in [1.82, 2.24) is 4.90 Å². The van der Waals surface area contributed by atoms with Gasteiger partial charge in [-0.1, -0.05) is 43.2 Å². The SMILES string of the molecule is NC1CCCCC1CC(=O)N(Cc1ccccc1)C1CC1. The lowest BCUT2D eigenvalue weighted by Crippen LogP contribution is -2.39. The van der Waals surface area contributed by atoms with Gasteiger partial charge in [-0.3, -0.25) is 4.79 Å². The minimum Gasteiger partial charge on any atom is -0.335 e. The largest absolute Gasteiger partial charge is 0.335 e. The summed E-state index contributed by atoms with van der Waals surface area (Å²) in [5.74, 6) is 0.701.